The Morgan fingerprint density at radius 2 is 1.50 bits per heavy atom. The lowest BCUT2D eigenvalue weighted by Gasteiger charge is -2.26. The summed E-state index contributed by atoms with van der Waals surface area (Å²) in [4.78, 5) is 12.6. The number of carbonyl (C=O) groups is 1. The molecule has 34 heavy (non-hydrogen) atoms. The van der Waals surface area contributed by atoms with Crippen molar-refractivity contribution in [2.75, 3.05) is 0 Å². The molecule has 0 unspecified atom stereocenters. The molecule has 1 fully saturated rings. The van der Waals surface area contributed by atoms with Crippen molar-refractivity contribution in [3.05, 3.63) is 90.0 Å². The van der Waals surface area contributed by atoms with Crippen LogP contribution in [0, 0.1) is 11.8 Å². The molecule has 1 saturated carbocycles. The number of alkyl halides is 3. The quantitative estimate of drug-likeness (QED) is 0.243. The summed E-state index contributed by atoms with van der Waals surface area (Å²) in [6.45, 7) is 0. The van der Waals surface area contributed by atoms with Crippen LogP contribution in [0.25, 0.3) is 0 Å². The van der Waals surface area contributed by atoms with Gasteiger partial charge in [0.05, 0.1) is 5.56 Å². The van der Waals surface area contributed by atoms with Gasteiger partial charge in [0, 0.05) is 5.56 Å². The predicted molar refractivity (Wildman–Crippen MR) is 120 cm³/mol. The number of hydrogen-bond acceptors (Lipinski definition) is 4. The molecule has 0 saturated heterocycles. The van der Waals surface area contributed by atoms with Crippen molar-refractivity contribution in [2.45, 2.75) is 37.6 Å². The van der Waals surface area contributed by atoms with Gasteiger partial charge in [-0.05, 0) is 68.1 Å². The summed E-state index contributed by atoms with van der Waals surface area (Å²) in [5.41, 5.74) is -0.205. The van der Waals surface area contributed by atoms with E-state index in [1.807, 2.05) is 30.3 Å². The van der Waals surface area contributed by atoms with E-state index in [4.69, 9.17) is 9.47 Å². The van der Waals surface area contributed by atoms with Crippen LogP contribution in [0.5, 0.6) is 17.2 Å². The predicted octanol–water partition coefficient (Wildman–Crippen LogP) is 6.55. The van der Waals surface area contributed by atoms with Crippen LogP contribution in [0.3, 0.4) is 0 Å². The number of halogens is 3. The van der Waals surface area contributed by atoms with E-state index in [1.165, 1.54) is 12.1 Å². The van der Waals surface area contributed by atoms with Gasteiger partial charge in [0.25, 0.3) is 0 Å². The second-order valence-corrected chi connectivity index (χ2v) is 7.83. The Balaban J connectivity index is 1.66. The van der Waals surface area contributed by atoms with Crippen LogP contribution in [0.2, 0.25) is 0 Å². The first-order valence-electron chi connectivity index (χ1n) is 10.8. The molecule has 4 rings (SSSR count). The largest absolute Gasteiger partial charge is 0.573 e. The Kier molecular flexibility index (Phi) is 6.78. The van der Waals surface area contributed by atoms with Crippen LogP contribution >= 0.6 is 0 Å². The summed E-state index contributed by atoms with van der Waals surface area (Å²) in [6, 6.07) is 21.1. The third kappa shape index (κ3) is 6.10. The first-order chi connectivity index (χ1) is 16.3. The zero-order valence-corrected chi connectivity index (χ0v) is 18.1. The van der Waals surface area contributed by atoms with Crippen LogP contribution in [-0.4, -0.2) is 17.9 Å². The van der Waals surface area contributed by atoms with E-state index in [2.05, 4.69) is 16.6 Å². The van der Waals surface area contributed by atoms with Crippen molar-refractivity contribution in [1.82, 2.24) is 0 Å². The maximum absolute atomic E-state index is 13.0. The fourth-order valence-corrected chi connectivity index (χ4v) is 3.70. The van der Waals surface area contributed by atoms with Gasteiger partial charge >= 0.3 is 12.3 Å². The number of hydrogen-bond donors (Lipinski definition) is 0. The van der Waals surface area contributed by atoms with E-state index in [1.54, 1.807) is 30.3 Å². The Labute approximate surface area is 195 Å². The number of ether oxygens (including phenoxy) is 3. The molecule has 0 spiro atoms. The van der Waals surface area contributed by atoms with E-state index in [-0.39, 0.29) is 11.3 Å². The highest BCUT2D eigenvalue weighted by molar-refractivity contribution is 5.91. The number of benzene rings is 3. The molecule has 0 heterocycles. The van der Waals surface area contributed by atoms with E-state index >= 15 is 0 Å². The van der Waals surface area contributed by atoms with Crippen LogP contribution in [-0.2, 0) is 0 Å². The maximum atomic E-state index is 13.0. The number of rotatable bonds is 5. The van der Waals surface area contributed by atoms with Gasteiger partial charge in [-0.2, -0.15) is 0 Å². The summed E-state index contributed by atoms with van der Waals surface area (Å²) < 4.78 is 54.7. The highest BCUT2D eigenvalue weighted by atomic mass is 19.4. The third-order valence-electron chi connectivity index (χ3n) is 5.28. The summed E-state index contributed by atoms with van der Waals surface area (Å²) >= 11 is 0. The normalized spacial score (nSPS) is 14.6. The lowest BCUT2D eigenvalue weighted by Crippen LogP contribution is -2.31. The van der Waals surface area contributed by atoms with Crippen molar-refractivity contribution in [1.29, 1.82) is 0 Å². The van der Waals surface area contributed by atoms with E-state index in [0.29, 0.717) is 18.6 Å². The van der Waals surface area contributed by atoms with Gasteiger partial charge in [0.1, 0.15) is 5.75 Å². The summed E-state index contributed by atoms with van der Waals surface area (Å²) in [5, 5.41) is 0. The average molecular weight is 466 g/mol. The van der Waals surface area contributed by atoms with Gasteiger partial charge in [0.2, 0.25) is 0 Å². The Morgan fingerprint density at radius 3 is 2.15 bits per heavy atom. The minimum absolute atomic E-state index is 0.0255. The molecule has 7 heteroatoms. The standard InChI is InChI=1S/C27H21F3O4/c28-27(29,30)34-23-14-13-21(25(31)32-22-11-5-2-6-12-22)19-24(23)33-26(16-7-8-17-26)18-15-20-9-3-1-4-10-20/h1-6,9-14,19H,7-8,16-17H2. The third-order valence-corrected chi connectivity index (χ3v) is 5.28. The molecule has 3 aromatic carbocycles. The molecule has 0 aliphatic heterocycles. The summed E-state index contributed by atoms with van der Waals surface area (Å²) in [7, 11) is 0. The molecule has 0 radical (unpaired) electrons. The minimum Gasteiger partial charge on any atom is -0.471 e. The van der Waals surface area contributed by atoms with Crippen LogP contribution in [0.4, 0.5) is 13.2 Å². The highest BCUT2D eigenvalue weighted by Crippen LogP contribution is 2.40. The molecule has 0 amide bonds. The van der Waals surface area contributed by atoms with Crippen LogP contribution in [0.15, 0.2) is 78.9 Å². The smallest absolute Gasteiger partial charge is 0.471 e. The molecule has 174 valence electrons. The van der Waals surface area contributed by atoms with E-state index in [0.717, 1.165) is 24.5 Å². The fraction of sp³-hybridized carbons (Fsp3) is 0.222. The van der Waals surface area contributed by atoms with Crippen molar-refractivity contribution < 1.29 is 32.2 Å². The first-order valence-corrected chi connectivity index (χ1v) is 10.8. The number of carbonyl (C=O) groups excluding carboxylic acids is 1. The molecular weight excluding hydrogens is 445 g/mol. The van der Waals surface area contributed by atoms with Gasteiger partial charge in [-0.3, -0.25) is 0 Å². The van der Waals surface area contributed by atoms with Crippen LogP contribution in [0.1, 0.15) is 41.6 Å². The molecule has 3 aromatic rings. The van der Waals surface area contributed by atoms with Crippen molar-refractivity contribution in [2.24, 2.45) is 0 Å². The topological polar surface area (TPSA) is 44.8 Å². The highest BCUT2D eigenvalue weighted by Gasteiger charge is 2.38. The van der Waals surface area contributed by atoms with Gasteiger partial charge in [-0.25, -0.2) is 4.79 Å². The monoisotopic (exact) mass is 466 g/mol. The van der Waals surface area contributed by atoms with Gasteiger partial charge in [-0.15, -0.1) is 13.2 Å². The number of esters is 1. The Bertz CT molecular complexity index is 1190. The maximum Gasteiger partial charge on any atom is 0.573 e. The summed E-state index contributed by atoms with van der Waals surface area (Å²) in [6.07, 6.45) is -2.22. The fourth-order valence-electron chi connectivity index (χ4n) is 3.70. The molecule has 1 aliphatic rings. The molecule has 1 aliphatic carbocycles. The average Bonchev–Trinajstić information content (AvgIpc) is 3.28. The molecular formula is C27H21F3O4. The second-order valence-electron chi connectivity index (χ2n) is 7.83. The first kappa shape index (κ1) is 23.2. The minimum atomic E-state index is -4.93. The van der Waals surface area contributed by atoms with Gasteiger partial charge in [-0.1, -0.05) is 48.2 Å². The van der Waals surface area contributed by atoms with E-state index in [9.17, 15) is 18.0 Å². The van der Waals surface area contributed by atoms with Crippen LogP contribution < -0.4 is 14.2 Å². The SMILES string of the molecule is O=C(Oc1ccccc1)c1ccc(OC(F)(F)F)c(OC2(C#Cc3ccccc3)CCCC2)c1. The van der Waals surface area contributed by atoms with Crippen molar-refractivity contribution in [3.63, 3.8) is 0 Å². The molecule has 0 bridgehead atoms. The molecule has 0 N–H and O–H groups in total. The van der Waals surface area contributed by atoms with Gasteiger partial charge < -0.3 is 14.2 Å². The second kappa shape index (κ2) is 9.92. The molecule has 0 aromatic heterocycles. The molecule has 0 atom stereocenters. The zero-order valence-electron chi connectivity index (χ0n) is 18.1. The van der Waals surface area contributed by atoms with E-state index < -0.39 is 23.7 Å². The zero-order chi connectivity index (χ0) is 24.0. The van der Waals surface area contributed by atoms with Crippen molar-refractivity contribution in [3.8, 4) is 29.1 Å². The lowest BCUT2D eigenvalue weighted by molar-refractivity contribution is -0.275. The summed E-state index contributed by atoms with van der Waals surface area (Å²) in [5.74, 6) is 4.99. The number of para-hydroxylation sites is 1. The lowest BCUT2D eigenvalue weighted by atomic mass is 10.0. The molecule has 4 nitrogen and oxygen atoms in total. The Morgan fingerprint density at radius 1 is 0.853 bits per heavy atom. The van der Waals surface area contributed by atoms with Gasteiger partial charge in [0.15, 0.2) is 17.1 Å². The Hall–Kier alpha value is -3.92. The van der Waals surface area contributed by atoms with Crippen molar-refractivity contribution >= 4 is 5.97 Å².